The van der Waals surface area contributed by atoms with Crippen molar-refractivity contribution in [1.82, 2.24) is 10.4 Å². The number of nitrogens with zero attached hydrogens (tertiary/aromatic N) is 2. The second-order valence-electron chi connectivity index (χ2n) is 3.96. The van der Waals surface area contributed by atoms with Crippen LogP contribution in [0.1, 0.15) is 0 Å². The largest absolute Gasteiger partial charge is 0.497 e. The van der Waals surface area contributed by atoms with Crippen LogP contribution < -0.4 is 15.2 Å². The summed E-state index contributed by atoms with van der Waals surface area (Å²) in [5.41, 5.74) is 3.98. The molecule has 3 rings (SSSR count). The molecule has 0 unspecified atom stereocenters. The molecular weight excluding hydrogens is 250 g/mol. The summed E-state index contributed by atoms with van der Waals surface area (Å²) >= 11 is 6.28. The average Bonchev–Trinajstić information content (AvgIpc) is 2.91. The van der Waals surface area contributed by atoms with E-state index in [-0.39, 0.29) is 0 Å². The van der Waals surface area contributed by atoms with Crippen molar-refractivity contribution in [2.24, 2.45) is 0 Å². The van der Waals surface area contributed by atoms with Gasteiger partial charge in [0.15, 0.2) is 0 Å². The fraction of sp³-hybridized carbons (Fsp3) is 0.154. The van der Waals surface area contributed by atoms with Gasteiger partial charge < -0.3 is 4.74 Å². The minimum absolute atomic E-state index is 0.680. The second kappa shape index (κ2) is 4.48. The van der Waals surface area contributed by atoms with Crippen LogP contribution >= 0.6 is 11.6 Å². The summed E-state index contributed by atoms with van der Waals surface area (Å²) in [6.45, 7) is 0.801. The van der Waals surface area contributed by atoms with E-state index < -0.39 is 0 Å². The molecule has 5 heteroatoms. The van der Waals surface area contributed by atoms with Crippen LogP contribution in [0.2, 0.25) is 5.02 Å². The first-order valence-electron chi connectivity index (χ1n) is 5.61. The minimum atomic E-state index is 0.680. The molecule has 4 nitrogen and oxygen atoms in total. The molecule has 2 aromatic rings. The fourth-order valence-electron chi connectivity index (χ4n) is 1.92. The van der Waals surface area contributed by atoms with E-state index in [1.54, 1.807) is 7.11 Å². The predicted octanol–water partition coefficient (Wildman–Crippen LogP) is 2.74. The summed E-state index contributed by atoms with van der Waals surface area (Å²) in [4.78, 5) is 4.57. The highest BCUT2D eigenvalue weighted by Gasteiger charge is 2.11. The van der Waals surface area contributed by atoms with Crippen LogP contribution in [-0.4, -0.2) is 18.6 Å². The van der Waals surface area contributed by atoms with Gasteiger partial charge in [-0.05, 0) is 12.1 Å². The van der Waals surface area contributed by atoms with E-state index in [1.807, 2.05) is 41.6 Å². The van der Waals surface area contributed by atoms with Gasteiger partial charge in [-0.3, -0.25) is 5.01 Å². The van der Waals surface area contributed by atoms with Crippen LogP contribution in [-0.2, 0) is 0 Å². The third-order valence-corrected chi connectivity index (χ3v) is 3.15. The van der Waals surface area contributed by atoms with Gasteiger partial charge in [0.2, 0.25) is 0 Å². The summed E-state index contributed by atoms with van der Waals surface area (Å²) in [5.74, 6) is 1.54. The summed E-state index contributed by atoms with van der Waals surface area (Å²) in [7, 11) is 1.64. The Kier molecular flexibility index (Phi) is 2.81. The molecule has 0 fully saturated rings. The van der Waals surface area contributed by atoms with Gasteiger partial charge in [0.25, 0.3) is 0 Å². The molecule has 92 valence electrons. The lowest BCUT2D eigenvalue weighted by Crippen LogP contribution is -2.28. The number of aromatic nitrogens is 1. The fourth-order valence-corrected chi connectivity index (χ4v) is 2.18. The van der Waals surface area contributed by atoms with Gasteiger partial charge in [-0.25, -0.2) is 10.4 Å². The van der Waals surface area contributed by atoms with E-state index in [4.69, 9.17) is 16.3 Å². The molecular formula is C13H12ClN3O. The van der Waals surface area contributed by atoms with Gasteiger partial charge in [-0.1, -0.05) is 17.7 Å². The molecule has 1 aliphatic rings. The summed E-state index contributed by atoms with van der Waals surface area (Å²) in [6.07, 6.45) is 3.95. The average molecular weight is 262 g/mol. The molecule has 1 aromatic carbocycles. The zero-order valence-corrected chi connectivity index (χ0v) is 10.6. The highest BCUT2D eigenvalue weighted by atomic mass is 35.5. The van der Waals surface area contributed by atoms with E-state index in [1.165, 1.54) is 0 Å². The Hall–Kier alpha value is -1.78. The normalized spacial score (nSPS) is 14.4. The molecule has 0 spiro atoms. The zero-order valence-electron chi connectivity index (χ0n) is 9.85. The number of nitrogens with one attached hydrogen (secondary N) is 1. The lowest BCUT2D eigenvalue weighted by Gasteiger charge is -2.16. The molecule has 1 aromatic heterocycles. The number of pyridine rings is 1. The monoisotopic (exact) mass is 261 g/mol. The van der Waals surface area contributed by atoms with Crippen molar-refractivity contribution in [1.29, 1.82) is 0 Å². The third kappa shape index (κ3) is 1.89. The Morgan fingerprint density at radius 2 is 2.28 bits per heavy atom. The van der Waals surface area contributed by atoms with Gasteiger partial charge in [-0.15, -0.1) is 0 Å². The zero-order chi connectivity index (χ0) is 12.5. The van der Waals surface area contributed by atoms with Crippen LogP contribution in [0, 0.1) is 0 Å². The molecule has 0 atom stereocenters. The first-order valence-corrected chi connectivity index (χ1v) is 5.99. The number of hydrogen-bond donors (Lipinski definition) is 1. The van der Waals surface area contributed by atoms with Crippen LogP contribution in [0.25, 0.3) is 10.9 Å². The number of hydrazine groups is 1. The standard InChI is InChI=1S/C13H12ClN3O/c1-18-9-3-4-10-11(14)8-13(16-12(10)7-9)17-6-2-5-15-17/h2-4,6-8,15H,5H2,1H3. The molecule has 1 N–H and O–H groups in total. The number of ether oxygens (including phenoxy) is 1. The molecule has 0 aliphatic carbocycles. The minimum Gasteiger partial charge on any atom is -0.497 e. The topological polar surface area (TPSA) is 37.4 Å². The summed E-state index contributed by atoms with van der Waals surface area (Å²) in [5, 5.41) is 3.45. The van der Waals surface area contributed by atoms with Gasteiger partial charge in [0.1, 0.15) is 11.6 Å². The maximum absolute atomic E-state index is 6.28. The molecule has 1 aliphatic heterocycles. The van der Waals surface area contributed by atoms with Gasteiger partial charge in [0, 0.05) is 30.3 Å². The molecule has 0 saturated carbocycles. The van der Waals surface area contributed by atoms with Crippen molar-refractivity contribution in [2.45, 2.75) is 0 Å². The number of methoxy groups -OCH3 is 1. The molecule has 0 radical (unpaired) electrons. The van der Waals surface area contributed by atoms with Gasteiger partial charge >= 0.3 is 0 Å². The Bertz CT molecular complexity index is 627. The summed E-state index contributed by atoms with van der Waals surface area (Å²) < 4.78 is 5.20. The number of benzene rings is 1. The lowest BCUT2D eigenvalue weighted by atomic mass is 10.2. The van der Waals surface area contributed by atoms with E-state index in [9.17, 15) is 0 Å². The molecule has 0 saturated heterocycles. The lowest BCUT2D eigenvalue weighted by molar-refractivity contribution is 0.415. The van der Waals surface area contributed by atoms with Gasteiger partial charge in [0.05, 0.1) is 17.6 Å². The number of hydrogen-bond acceptors (Lipinski definition) is 4. The third-order valence-electron chi connectivity index (χ3n) is 2.83. The highest BCUT2D eigenvalue weighted by Crippen LogP contribution is 2.29. The van der Waals surface area contributed by atoms with Crippen molar-refractivity contribution < 1.29 is 4.74 Å². The molecule has 0 amide bonds. The van der Waals surface area contributed by atoms with Crippen LogP contribution in [0.15, 0.2) is 36.5 Å². The Morgan fingerprint density at radius 1 is 1.39 bits per heavy atom. The molecule has 0 bridgehead atoms. The number of rotatable bonds is 2. The number of anilines is 1. The van der Waals surface area contributed by atoms with E-state index in [2.05, 4.69) is 10.4 Å². The maximum Gasteiger partial charge on any atom is 0.149 e. The number of halogens is 1. The first-order chi connectivity index (χ1) is 8.78. The summed E-state index contributed by atoms with van der Waals surface area (Å²) in [6, 6.07) is 7.52. The Balaban J connectivity index is 2.14. The molecule has 18 heavy (non-hydrogen) atoms. The molecule has 2 heterocycles. The SMILES string of the molecule is COc1ccc2c(Cl)cc(N3C=CCN3)nc2c1. The first kappa shape index (κ1) is 11.3. The smallest absolute Gasteiger partial charge is 0.149 e. The quantitative estimate of drug-likeness (QED) is 0.902. The highest BCUT2D eigenvalue weighted by molar-refractivity contribution is 6.35. The Labute approximate surface area is 110 Å². The second-order valence-corrected chi connectivity index (χ2v) is 4.37. The van der Waals surface area contributed by atoms with Crippen LogP contribution in [0.3, 0.4) is 0 Å². The Morgan fingerprint density at radius 3 is 3.00 bits per heavy atom. The van der Waals surface area contributed by atoms with Crippen molar-refractivity contribution in [3.63, 3.8) is 0 Å². The van der Waals surface area contributed by atoms with Crippen molar-refractivity contribution in [3.8, 4) is 5.75 Å². The maximum atomic E-state index is 6.28. The van der Waals surface area contributed by atoms with Crippen molar-refractivity contribution in [2.75, 3.05) is 18.7 Å². The van der Waals surface area contributed by atoms with E-state index in [0.717, 1.165) is 29.0 Å². The predicted molar refractivity (Wildman–Crippen MR) is 72.9 cm³/mol. The van der Waals surface area contributed by atoms with Crippen LogP contribution in [0.5, 0.6) is 5.75 Å². The van der Waals surface area contributed by atoms with Gasteiger partial charge in [-0.2, -0.15) is 0 Å². The number of fused-ring (bicyclic) bond motifs is 1. The van der Waals surface area contributed by atoms with Crippen LogP contribution in [0.4, 0.5) is 5.82 Å². The van der Waals surface area contributed by atoms with E-state index >= 15 is 0 Å². The van der Waals surface area contributed by atoms with E-state index in [0.29, 0.717) is 5.02 Å². The van der Waals surface area contributed by atoms with Crippen molar-refractivity contribution >= 4 is 28.3 Å². The van der Waals surface area contributed by atoms with Crippen molar-refractivity contribution in [3.05, 3.63) is 41.6 Å².